The van der Waals surface area contributed by atoms with Crippen molar-refractivity contribution in [3.8, 4) is 28.2 Å². The molecule has 0 aliphatic carbocycles. The predicted molar refractivity (Wildman–Crippen MR) is 143 cm³/mol. The highest BCUT2D eigenvalue weighted by molar-refractivity contribution is 5.99. The van der Waals surface area contributed by atoms with Gasteiger partial charge in [0.1, 0.15) is 0 Å². The Kier molecular flexibility index (Phi) is 6.72. The zero-order valence-corrected chi connectivity index (χ0v) is 20.6. The van der Waals surface area contributed by atoms with Crippen molar-refractivity contribution in [3.63, 3.8) is 0 Å². The van der Waals surface area contributed by atoms with E-state index in [1.807, 2.05) is 105 Å². The summed E-state index contributed by atoms with van der Waals surface area (Å²) in [5.41, 5.74) is 6.24. The van der Waals surface area contributed by atoms with Crippen LogP contribution in [0.5, 0.6) is 0 Å². The summed E-state index contributed by atoms with van der Waals surface area (Å²) >= 11 is 0. The Balaban J connectivity index is 1.35. The van der Waals surface area contributed by atoms with Crippen molar-refractivity contribution < 1.29 is 14.3 Å². The van der Waals surface area contributed by atoms with Gasteiger partial charge in [0, 0.05) is 11.1 Å². The number of rotatable bonds is 7. The molecule has 5 rings (SSSR count). The average Bonchev–Trinajstić information content (AvgIpc) is 3.38. The summed E-state index contributed by atoms with van der Waals surface area (Å²) in [4.78, 5) is 30.1. The Morgan fingerprint density at radius 1 is 0.730 bits per heavy atom. The monoisotopic (exact) mass is 487 g/mol. The molecule has 182 valence electrons. The Hall–Kier alpha value is -4.84. The molecule has 1 heterocycles. The van der Waals surface area contributed by atoms with E-state index in [9.17, 15) is 9.59 Å². The van der Waals surface area contributed by atoms with Crippen LogP contribution in [-0.4, -0.2) is 33.1 Å². The lowest BCUT2D eigenvalue weighted by molar-refractivity contribution is 0.0462. The van der Waals surface area contributed by atoms with E-state index in [4.69, 9.17) is 4.74 Å². The molecule has 0 aliphatic heterocycles. The molecule has 0 bridgehead atoms. The second-order valence-corrected chi connectivity index (χ2v) is 8.82. The number of nitrogens with zero attached hydrogens (tertiary/aromatic N) is 3. The number of Topliss-reactive ketones (excluding diaryl/α,β-unsaturated/α-hetero) is 1. The van der Waals surface area contributed by atoms with Crippen LogP contribution >= 0.6 is 0 Å². The smallest absolute Gasteiger partial charge is 0.378 e. The van der Waals surface area contributed by atoms with Gasteiger partial charge in [-0.05, 0) is 48.7 Å². The maximum Gasteiger partial charge on any atom is 0.378 e. The van der Waals surface area contributed by atoms with E-state index in [1.165, 1.54) is 0 Å². The van der Waals surface area contributed by atoms with E-state index >= 15 is 0 Å². The number of carbonyl (C=O) groups is 2. The molecule has 0 aliphatic rings. The third-order valence-corrected chi connectivity index (χ3v) is 5.96. The molecular weight excluding hydrogens is 462 g/mol. The predicted octanol–water partition coefficient (Wildman–Crippen LogP) is 6.26. The SMILES string of the molecule is Cc1cccc(-c2nc(C(=O)OCC(=O)c3ccc(-c4ccccc4)cc3)nn2-c2cccc(C)c2)c1. The highest BCUT2D eigenvalue weighted by atomic mass is 16.5. The van der Waals surface area contributed by atoms with Gasteiger partial charge in [0.2, 0.25) is 0 Å². The number of ether oxygens (including phenoxy) is 1. The van der Waals surface area contributed by atoms with Crippen molar-refractivity contribution >= 4 is 11.8 Å². The lowest BCUT2D eigenvalue weighted by atomic mass is 10.0. The summed E-state index contributed by atoms with van der Waals surface area (Å²) < 4.78 is 6.95. The minimum atomic E-state index is -0.755. The van der Waals surface area contributed by atoms with Gasteiger partial charge >= 0.3 is 5.97 Å². The maximum atomic E-state index is 12.9. The molecule has 0 saturated heterocycles. The first-order valence-electron chi connectivity index (χ1n) is 11.9. The summed E-state index contributed by atoms with van der Waals surface area (Å²) in [6.45, 7) is 3.58. The van der Waals surface area contributed by atoms with Crippen LogP contribution < -0.4 is 0 Å². The normalized spacial score (nSPS) is 10.8. The number of carbonyl (C=O) groups excluding carboxylic acids is 2. The quantitative estimate of drug-likeness (QED) is 0.200. The third-order valence-electron chi connectivity index (χ3n) is 5.96. The van der Waals surface area contributed by atoms with Gasteiger partial charge in [0.25, 0.3) is 5.82 Å². The standard InChI is InChI=1S/C31H25N3O3/c1-21-8-6-12-26(18-21)30-32-29(33-34(30)27-13-7-9-22(2)19-27)31(36)37-20-28(35)25-16-14-24(15-17-25)23-10-4-3-5-11-23/h3-19H,20H2,1-2H3. The molecule has 6 nitrogen and oxygen atoms in total. The summed E-state index contributed by atoms with van der Waals surface area (Å²) in [5.74, 6) is -0.645. The summed E-state index contributed by atoms with van der Waals surface area (Å²) in [6, 6.07) is 32.7. The second-order valence-electron chi connectivity index (χ2n) is 8.82. The molecule has 37 heavy (non-hydrogen) atoms. The molecule has 0 atom stereocenters. The van der Waals surface area contributed by atoms with Gasteiger partial charge in [-0.15, -0.1) is 5.10 Å². The van der Waals surface area contributed by atoms with Gasteiger partial charge in [0.05, 0.1) is 5.69 Å². The van der Waals surface area contributed by atoms with Crippen LogP contribution in [-0.2, 0) is 4.74 Å². The molecule has 0 amide bonds. The van der Waals surface area contributed by atoms with Crippen LogP contribution in [0.4, 0.5) is 0 Å². The van der Waals surface area contributed by atoms with Crippen LogP contribution in [0.3, 0.4) is 0 Å². The first-order chi connectivity index (χ1) is 18.0. The van der Waals surface area contributed by atoms with Crippen molar-refractivity contribution in [3.05, 3.63) is 126 Å². The molecule has 0 fully saturated rings. The first-order valence-corrected chi connectivity index (χ1v) is 11.9. The van der Waals surface area contributed by atoms with Crippen LogP contribution in [0, 0.1) is 13.8 Å². The maximum absolute atomic E-state index is 12.9. The Bertz CT molecular complexity index is 1510. The Morgan fingerprint density at radius 3 is 2.08 bits per heavy atom. The van der Waals surface area contributed by atoms with E-state index in [0.29, 0.717) is 11.4 Å². The molecule has 0 radical (unpaired) electrons. The number of esters is 1. The lowest BCUT2D eigenvalue weighted by Gasteiger charge is -2.07. The van der Waals surface area contributed by atoms with Crippen LogP contribution in [0.15, 0.2) is 103 Å². The highest BCUT2D eigenvalue weighted by Crippen LogP contribution is 2.23. The van der Waals surface area contributed by atoms with E-state index in [-0.39, 0.29) is 11.6 Å². The minimum absolute atomic E-state index is 0.106. The fourth-order valence-corrected chi connectivity index (χ4v) is 4.07. The van der Waals surface area contributed by atoms with E-state index in [0.717, 1.165) is 33.5 Å². The van der Waals surface area contributed by atoms with Crippen molar-refractivity contribution in [2.45, 2.75) is 13.8 Å². The topological polar surface area (TPSA) is 74.1 Å². The van der Waals surface area contributed by atoms with E-state index in [1.54, 1.807) is 16.8 Å². The molecule has 4 aromatic carbocycles. The summed E-state index contributed by atoms with van der Waals surface area (Å²) in [7, 11) is 0. The first kappa shape index (κ1) is 23.9. The average molecular weight is 488 g/mol. The largest absolute Gasteiger partial charge is 0.451 e. The van der Waals surface area contributed by atoms with Gasteiger partial charge in [-0.1, -0.05) is 90.5 Å². The fraction of sp³-hybridized carbons (Fsp3) is 0.0968. The lowest BCUT2D eigenvalue weighted by Crippen LogP contribution is -2.15. The van der Waals surface area contributed by atoms with E-state index in [2.05, 4.69) is 10.1 Å². The van der Waals surface area contributed by atoms with Crippen molar-refractivity contribution in [1.29, 1.82) is 0 Å². The molecule has 0 saturated carbocycles. The van der Waals surface area contributed by atoms with Gasteiger partial charge in [0.15, 0.2) is 18.2 Å². The Labute approximate surface area is 215 Å². The second kappa shape index (κ2) is 10.4. The molecular formula is C31H25N3O3. The highest BCUT2D eigenvalue weighted by Gasteiger charge is 2.21. The number of benzene rings is 4. The molecule has 0 spiro atoms. The number of aryl methyl sites for hydroxylation is 2. The summed E-state index contributed by atoms with van der Waals surface area (Å²) in [6.07, 6.45) is 0. The Morgan fingerprint density at radius 2 is 1.38 bits per heavy atom. The third kappa shape index (κ3) is 5.38. The van der Waals surface area contributed by atoms with Gasteiger partial charge in [-0.25, -0.2) is 14.5 Å². The number of hydrogen-bond donors (Lipinski definition) is 0. The van der Waals surface area contributed by atoms with Gasteiger partial charge in [-0.3, -0.25) is 4.79 Å². The zero-order chi connectivity index (χ0) is 25.8. The van der Waals surface area contributed by atoms with Crippen molar-refractivity contribution in [2.24, 2.45) is 0 Å². The fourth-order valence-electron chi connectivity index (χ4n) is 4.07. The zero-order valence-electron chi connectivity index (χ0n) is 20.6. The van der Waals surface area contributed by atoms with Crippen LogP contribution in [0.25, 0.3) is 28.2 Å². The van der Waals surface area contributed by atoms with Crippen molar-refractivity contribution in [1.82, 2.24) is 14.8 Å². The molecule has 0 unspecified atom stereocenters. The summed E-state index contributed by atoms with van der Waals surface area (Å²) in [5, 5.41) is 4.44. The number of aromatic nitrogens is 3. The van der Waals surface area contributed by atoms with Gasteiger partial charge in [-0.2, -0.15) is 0 Å². The van der Waals surface area contributed by atoms with Crippen molar-refractivity contribution in [2.75, 3.05) is 6.61 Å². The molecule has 0 N–H and O–H groups in total. The van der Waals surface area contributed by atoms with Crippen LogP contribution in [0.1, 0.15) is 32.1 Å². The minimum Gasteiger partial charge on any atom is -0.451 e. The van der Waals surface area contributed by atoms with Gasteiger partial charge < -0.3 is 4.74 Å². The van der Waals surface area contributed by atoms with E-state index < -0.39 is 12.6 Å². The molecule has 1 aromatic heterocycles. The molecule has 5 aromatic rings. The van der Waals surface area contributed by atoms with Crippen LogP contribution in [0.2, 0.25) is 0 Å². The molecule has 6 heteroatoms. The number of hydrogen-bond acceptors (Lipinski definition) is 5. The number of ketones is 1.